The predicted molar refractivity (Wildman–Crippen MR) is 104 cm³/mol. The molecule has 2 aromatic carbocycles. The van der Waals surface area contributed by atoms with Crippen molar-refractivity contribution in [1.82, 2.24) is 25.5 Å². The normalized spacial score (nSPS) is 14.1. The van der Waals surface area contributed by atoms with Gasteiger partial charge in [0, 0.05) is 11.6 Å². The van der Waals surface area contributed by atoms with Crippen molar-refractivity contribution in [2.45, 2.75) is 44.9 Å². The molecule has 28 heavy (non-hydrogen) atoms. The van der Waals surface area contributed by atoms with Gasteiger partial charge in [-0.15, -0.1) is 10.2 Å². The standard InChI is InChI=1S/C21H23N5O2/c27-20(22-18-8-4-5-9-18)14-26-24-21(23-25-26)17-10-12-19(13-11-17)28-15-16-6-2-1-3-7-16/h1-3,6-7,10-13,18H,4-5,8-9,14-15H2,(H,22,27). The molecule has 0 spiro atoms. The van der Waals surface area contributed by atoms with Crippen LogP contribution in [0.25, 0.3) is 11.4 Å². The highest BCUT2D eigenvalue weighted by Gasteiger charge is 2.18. The van der Waals surface area contributed by atoms with Gasteiger partial charge in [-0.2, -0.15) is 4.80 Å². The average Bonchev–Trinajstić information content (AvgIpc) is 3.40. The third-order valence-corrected chi connectivity index (χ3v) is 4.82. The predicted octanol–water partition coefficient (Wildman–Crippen LogP) is 2.98. The lowest BCUT2D eigenvalue weighted by Gasteiger charge is -2.10. The zero-order valence-electron chi connectivity index (χ0n) is 15.6. The Balaban J connectivity index is 1.32. The fourth-order valence-electron chi connectivity index (χ4n) is 3.34. The first kappa shape index (κ1) is 18.2. The number of carbonyl (C=O) groups excluding carboxylic acids is 1. The molecule has 144 valence electrons. The van der Waals surface area contributed by atoms with E-state index in [1.807, 2.05) is 54.6 Å². The van der Waals surface area contributed by atoms with E-state index in [4.69, 9.17) is 4.74 Å². The lowest BCUT2D eigenvalue weighted by Crippen LogP contribution is -2.35. The molecule has 0 radical (unpaired) electrons. The monoisotopic (exact) mass is 377 g/mol. The van der Waals surface area contributed by atoms with Crippen molar-refractivity contribution in [3.8, 4) is 17.1 Å². The lowest BCUT2D eigenvalue weighted by molar-refractivity contribution is -0.122. The van der Waals surface area contributed by atoms with Gasteiger partial charge >= 0.3 is 0 Å². The Morgan fingerprint density at radius 2 is 1.82 bits per heavy atom. The summed E-state index contributed by atoms with van der Waals surface area (Å²) in [6, 6.07) is 17.8. The molecule has 0 unspecified atom stereocenters. The summed E-state index contributed by atoms with van der Waals surface area (Å²) in [5.74, 6) is 1.19. The molecular formula is C21H23N5O2. The first-order valence-corrected chi connectivity index (χ1v) is 9.60. The summed E-state index contributed by atoms with van der Waals surface area (Å²) < 4.78 is 5.79. The van der Waals surface area contributed by atoms with Crippen LogP contribution in [-0.2, 0) is 17.9 Å². The van der Waals surface area contributed by atoms with Crippen LogP contribution in [0.2, 0.25) is 0 Å². The third kappa shape index (κ3) is 4.73. The highest BCUT2D eigenvalue weighted by Crippen LogP contribution is 2.20. The second kappa shape index (κ2) is 8.65. The molecule has 1 aliphatic rings. The molecule has 1 amide bonds. The van der Waals surface area contributed by atoms with Crippen LogP contribution >= 0.6 is 0 Å². The Morgan fingerprint density at radius 1 is 1.07 bits per heavy atom. The van der Waals surface area contributed by atoms with Gasteiger partial charge in [0.05, 0.1) is 0 Å². The summed E-state index contributed by atoms with van der Waals surface area (Å²) in [7, 11) is 0. The number of carbonyl (C=O) groups is 1. The van der Waals surface area contributed by atoms with E-state index < -0.39 is 0 Å². The van der Waals surface area contributed by atoms with E-state index >= 15 is 0 Å². The molecule has 3 aromatic rings. The van der Waals surface area contributed by atoms with Crippen LogP contribution < -0.4 is 10.1 Å². The van der Waals surface area contributed by atoms with E-state index in [9.17, 15) is 4.79 Å². The second-order valence-corrected chi connectivity index (χ2v) is 6.99. The molecule has 4 rings (SSSR count). The molecule has 1 fully saturated rings. The van der Waals surface area contributed by atoms with Crippen molar-refractivity contribution in [2.75, 3.05) is 0 Å². The van der Waals surface area contributed by atoms with Crippen molar-refractivity contribution >= 4 is 5.91 Å². The molecule has 1 aromatic heterocycles. The van der Waals surface area contributed by atoms with Crippen LogP contribution in [0.3, 0.4) is 0 Å². The molecule has 0 bridgehead atoms. The number of hydrogen-bond donors (Lipinski definition) is 1. The maximum Gasteiger partial charge on any atom is 0.243 e. The molecule has 1 N–H and O–H groups in total. The molecule has 1 aliphatic carbocycles. The van der Waals surface area contributed by atoms with Crippen molar-refractivity contribution in [2.24, 2.45) is 0 Å². The first-order chi connectivity index (χ1) is 13.8. The molecule has 7 nitrogen and oxygen atoms in total. The quantitative estimate of drug-likeness (QED) is 0.684. The highest BCUT2D eigenvalue weighted by atomic mass is 16.5. The Bertz CT molecular complexity index is 902. The average molecular weight is 377 g/mol. The number of tetrazole rings is 1. The zero-order valence-corrected chi connectivity index (χ0v) is 15.6. The van der Waals surface area contributed by atoms with E-state index in [-0.39, 0.29) is 12.5 Å². The molecule has 0 atom stereocenters. The van der Waals surface area contributed by atoms with Gasteiger partial charge in [-0.3, -0.25) is 4.79 Å². The number of hydrogen-bond acceptors (Lipinski definition) is 5. The molecule has 0 saturated heterocycles. The van der Waals surface area contributed by atoms with Crippen molar-refractivity contribution in [1.29, 1.82) is 0 Å². The van der Waals surface area contributed by atoms with Crippen LogP contribution in [0.4, 0.5) is 0 Å². The zero-order chi connectivity index (χ0) is 19.2. The number of aromatic nitrogens is 4. The molecule has 7 heteroatoms. The fourth-order valence-corrected chi connectivity index (χ4v) is 3.34. The Kier molecular flexibility index (Phi) is 5.61. The van der Waals surface area contributed by atoms with Gasteiger partial charge in [-0.05, 0) is 47.9 Å². The van der Waals surface area contributed by atoms with Crippen molar-refractivity contribution < 1.29 is 9.53 Å². The Labute approximate surface area is 163 Å². The van der Waals surface area contributed by atoms with Crippen LogP contribution in [-0.4, -0.2) is 32.2 Å². The topological polar surface area (TPSA) is 81.9 Å². The van der Waals surface area contributed by atoms with Crippen LogP contribution in [0.1, 0.15) is 31.2 Å². The van der Waals surface area contributed by atoms with E-state index in [1.54, 1.807) is 0 Å². The first-order valence-electron chi connectivity index (χ1n) is 9.60. The maximum atomic E-state index is 12.1. The van der Waals surface area contributed by atoms with E-state index in [2.05, 4.69) is 20.7 Å². The SMILES string of the molecule is O=C(Cn1nnc(-c2ccc(OCc3ccccc3)cc2)n1)NC1CCCC1. The van der Waals surface area contributed by atoms with Gasteiger partial charge in [0.15, 0.2) is 0 Å². The number of rotatable bonds is 7. The minimum absolute atomic E-state index is 0.0690. The van der Waals surface area contributed by atoms with Crippen molar-refractivity contribution in [3.05, 3.63) is 60.2 Å². The number of nitrogens with zero attached hydrogens (tertiary/aromatic N) is 4. The molecular weight excluding hydrogens is 354 g/mol. The van der Waals surface area contributed by atoms with Crippen LogP contribution in [0, 0.1) is 0 Å². The summed E-state index contributed by atoms with van der Waals surface area (Å²) in [5, 5.41) is 15.4. The fraction of sp³-hybridized carbons (Fsp3) is 0.333. The summed E-state index contributed by atoms with van der Waals surface area (Å²) in [5.41, 5.74) is 1.95. The van der Waals surface area contributed by atoms with Gasteiger partial charge in [-0.1, -0.05) is 43.2 Å². The van der Waals surface area contributed by atoms with Crippen LogP contribution in [0.5, 0.6) is 5.75 Å². The van der Waals surface area contributed by atoms with Gasteiger partial charge in [-0.25, -0.2) is 0 Å². The molecule has 1 saturated carbocycles. The third-order valence-electron chi connectivity index (χ3n) is 4.82. The number of ether oxygens (including phenoxy) is 1. The minimum Gasteiger partial charge on any atom is -0.489 e. The summed E-state index contributed by atoms with van der Waals surface area (Å²) >= 11 is 0. The molecule has 0 aliphatic heterocycles. The van der Waals surface area contributed by atoms with E-state index in [0.717, 1.165) is 29.7 Å². The Hall–Kier alpha value is -3.22. The van der Waals surface area contributed by atoms with Gasteiger partial charge in [0.2, 0.25) is 11.7 Å². The lowest BCUT2D eigenvalue weighted by atomic mass is 10.2. The van der Waals surface area contributed by atoms with Gasteiger partial charge in [0.1, 0.15) is 18.9 Å². The number of amides is 1. The van der Waals surface area contributed by atoms with E-state index in [1.165, 1.54) is 17.6 Å². The number of nitrogens with one attached hydrogen (secondary N) is 1. The summed E-state index contributed by atoms with van der Waals surface area (Å²) in [6.07, 6.45) is 4.48. The Morgan fingerprint density at radius 3 is 2.57 bits per heavy atom. The van der Waals surface area contributed by atoms with E-state index in [0.29, 0.717) is 18.5 Å². The number of benzene rings is 2. The van der Waals surface area contributed by atoms with Gasteiger partial charge in [0.25, 0.3) is 0 Å². The minimum atomic E-state index is -0.0690. The van der Waals surface area contributed by atoms with Crippen LogP contribution in [0.15, 0.2) is 54.6 Å². The highest BCUT2D eigenvalue weighted by molar-refractivity contribution is 5.75. The smallest absolute Gasteiger partial charge is 0.243 e. The maximum absolute atomic E-state index is 12.1. The second-order valence-electron chi connectivity index (χ2n) is 6.99. The van der Waals surface area contributed by atoms with Crippen molar-refractivity contribution in [3.63, 3.8) is 0 Å². The summed E-state index contributed by atoms with van der Waals surface area (Å²) in [6.45, 7) is 0.604. The largest absolute Gasteiger partial charge is 0.489 e. The molecule has 1 heterocycles. The summed E-state index contributed by atoms with van der Waals surface area (Å²) in [4.78, 5) is 13.4. The van der Waals surface area contributed by atoms with Gasteiger partial charge < -0.3 is 10.1 Å².